The number of carboxylic acid groups (broad SMARTS) is 1. The molecule has 0 aliphatic heterocycles. The van der Waals surface area contributed by atoms with E-state index in [0.717, 1.165) is 57.8 Å². The van der Waals surface area contributed by atoms with Crippen molar-refractivity contribution >= 4 is 18.0 Å². The Morgan fingerprint density at radius 2 is 1.06 bits per heavy atom. The highest BCUT2D eigenvalue weighted by Crippen LogP contribution is 2.06. The molecule has 0 unspecified atom stereocenters. The van der Waals surface area contributed by atoms with Crippen molar-refractivity contribution in [1.82, 2.24) is 5.32 Å². The van der Waals surface area contributed by atoms with Gasteiger partial charge < -0.3 is 25.6 Å². The predicted molar refractivity (Wildman–Crippen MR) is 141 cm³/mol. The fourth-order valence-corrected chi connectivity index (χ4v) is 3.28. The van der Waals surface area contributed by atoms with Gasteiger partial charge >= 0.3 is 18.0 Å². The monoisotopic (exact) mass is 502 g/mol. The smallest absolute Gasteiger partial charge is 0.404 e. The van der Waals surface area contributed by atoms with E-state index in [0.29, 0.717) is 39.1 Å². The van der Waals surface area contributed by atoms with E-state index in [1.54, 1.807) is 0 Å². The Morgan fingerprint density at radius 1 is 0.629 bits per heavy atom. The average molecular weight is 503 g/mol. The zero-order chi connectivity index (χ0) is 26.4. The van der Waals surface area contributed by atoms with E-state index < -0.39 is 6.09 Å². The Labute approximate surface area is 214 Å². The summed E-state index contributed by atoms with van der Waals surface area (Å²) < 4.78 is 10.3. The number of ether oxygens (including phenoxy) is 2. The standard InChI is InChI=1S/C14H27NO4.C13H27NO2/c1-2-3-4-5-9-12-19-13(16)10-7-6-8-11-15-14(17)18;1-2-3-4-5-9-12-16-13(15)10-7-6-8-11-14/h15H,2-12H2,1H3,(H,17,18);2-12,14H2,1H3. The summed E-state index contributed by atoms with van der Waals surface area (Å²) in [5, 5.41) is 10.6. The quantitative estimate of drug-likeness (QED) is 0.110. The van der Waals surface area contributed by atoms with Crippen molar-refractivity contribution in [3.8, 4) is 0 Å². The van der Waals surface area contributed by atoms with Gasteiger partial charge in [-0.25, -0.2) is 4.79 Å². The van der Waals surface area contributed by atoms with Crippen LogP contribution in [-0.2, 0) is 19.1 Å². The van der Waals surface area contributed by atoms with E-state index in [9.17, 15) is 14.4 Å². The minimum atomic E-state index is -0.998. The highest BCUT2D eigenvalue weighted by molar-refractivity contribution is 5.69. The normalized spacial score (nSPS) is 10.3. The van der Waals surface area contributed by atoms with Gasteiger partial charge in [0.2, 0.25) is 0 Å². The minimum absolute atomic E-state index is 0.0486. The molecule has 0 spiro atoms. The van der Waals surface area contributed by atoms with Crippen molar-refractivity contribution in [2.45, 2.75) is 129 Å². The highest BCUT2D eigenvalue weighted by atomic mass is 16.5. The average Bonchev–Trinajstić information content (AvgIpc) is 2.83. The SMILES string of the molecule is CCCCCCCOC(=O)CCCCCN.CCCCCCCOC(=O)CCCCCNC(=O)O. The van der Waals surface area contributed by atoms with Gasteiger partial charge in [-0.2, -0.15) is 0 Å². The number of carbonyl (C=O) groups is 3. The molecule has 0 aliphatic carbocycles. The molecule has 0 aliphatic rings. The number of hydrogen-bond donors (Lipinski definition) is 3. The predicted octanol–water partition coefficient (Wildman–Crippen LogP) is 6.35. The number of nitrogens with one attached hydrogen (secondary N) is 1. The first-order chi connectivity index (χ1) is 17.0. The molecule has 0 atom stereocenters. The van der Waals surface area contributed by atoms with Crippen LogP contribution in [0.15, 0.2) is 0 Å². The lowest BCUT2D eigenvalue weighted by molar-refractivity contribution is -0.144. The molecule has 0 radical (unpaired) electrons. The molecular weight excluding hydrogens is 448 g/mol. The molecule has 0 heterocycles. The molecule has 1 amide bonds. The molecule has 8 nitrogen and oxygen atoms in total. The summed E-state index contributed by atoms with van der Waals surface area (Å²) in [5.74, 6) is -0.186. The highest BCUT2D eigenvalue weighted by Gasteiger charge is 2.03. The van der Waals surface area contributed by atoms with Crippen LogP contribution in [0.25, 0.3) is 0 Å². The lowest BCUT2D eigenvalue weighted by Crippen LogP contribution is -2.21. The number of unbranched alkanes of at least 4 members (excludes halogenated alkanes) is 12. The Kier molecular flexibility index (Phi) is 30.5. The number of hydrogen-bond acceptors (Lipinski definition) is 6. The molecule has 0 aromatic heterocycles. The second-order valence-electron chi connectivity index (χ2n) is 8.91. The van der Waals surface area contributed by atoms with Gasteiger partial charge in [0.1, 0.15) is 0 Å². The van der Waals surface area contributed by atoms with Crippen LogP contribution in [0.5, 0.6) is 0 Å². The lowest BCUT2D eigenvalue weighted by atomic mass is 10.2. The maximum absolute atomic E-state index is 11.3. The molecule has 0 saturated heterocycles. The van der Waals surface area contributed by atoms with E-state index in [1.165, 1.54) is 44.9 Å². The molecule has 4 N–H and O–H groups in total. The van der Waals surface area contributed by atoms with Crippen LogP contribution in [0.4, 0.5) is 4.79 Å². The Bertz CT molecular complexity index is 488. The molecule has 0 saturated carbocycles. The first-order valence-electron chi connectivity index (χ1n) is 14.0. The van der Waals surface area contributed by atoms with Crippen LogP contribution in [0.1, 0.15) is 129 Å². The molecule has 0 aromatic carbocycles. The summed E-state index contributed by atoms with van der Waals surface area (Å²) in [6.07, 6.45) is 17.0. The van der Waals surface area contributed by atoms with Gasteiger partial charge in [-0.05, 0) is 45.1 Å². The minimum Gasteiger partial charge on any atom is -0.466 e. The number of amides is 1. The Balaban J connectivity index is 0. The van der Waals surface area contributed by atoms with E-state index >= 15 is 0 Å². The van der Waals surface area contributed by atoms with Crippen LogP contribution >= 0.6 is 0 Å². The van der Waals surface area contributed by atoms with Gasteiger partial charge in [-0.15, -0.1) is 0 Å². The first kappa shape index (κ1) is 35.3. The van der Waals surface area contributed by atoms with E-state index in [-0.39, 0.29) is 11.9 Å². The summed E-state index contributed by atoms with van der Waals surface area (Å²) in [4.78, 5) is 32.7. The number of nitrogens with two attached hydrogens (primary N) is 1. The second-order valence-corrected chi connectivity index (χ2v) is 8.91. The first-order valence-corrected chi connectivity index (χ1v) is 14.0. The van der Waals surface area contributed by atoms with Gasteiger partial charge in [-0.3, -0.25) is 9.59 Å². The largest absolute Gasteiger partial charge is 0.466 e. The van der Waals surface area contributed by atoms with Crippen LogP contribution < -0.4 is 11.1 Å². The topological polar surface area (TPSA) is 128 Å². The molecule has 208 valence electrons. The van der Waals surface area contributed by atoms with Crippen LogP contribution in [0, 0.1) is 0 Å². The lowest BCUT2D eigenvalue weighted by Gasteiger charge is -2.05. The van der Waals surface area contributed by atoms with E-state index in [2.05, 4.69) is 19.2 Å². The van der Waals surface area contributed by atoms with Crippen molar-refractivity contribution in [2.75, 3.05) is 26.3 Å². The fraction of sp³-hybridized carbons (Fsp3) is 0.889. The molecule has 8 heteroatoms. The number of rotatable bonds is 23. The van der Waals surface area contributed by atoms with Gasteiger partial charge in [0.25, 0.3) is 0 Å². The van der Waals surface area contributed by atoms with Gasteiger partial charge in [0, 0.05) is 19.4 Å². The molecule has 0 rings (SSSR count). The Morgan fingerprint density at radius 3 is 1.49 bits per heavy atom. The third kappa shape index (κ3) is 34.4. The summed E-state index contributed by atoms with van der Waals surface area (Å²) in [5.41, 5.74) is 5.37. The van der Waals surface area contributed by atoms with Crippen LogP contribution in [0.3, 0.4) is 0 Å². The number of carbonyl (C=O) groups excluding carboxylic acids is 2. The molecular formula is C27H54N2O6. The fourth-order valence-electron chi connectivity index (χ4n) is 3.28. The van der Waals surface area contributed by atoms with E-state index in [4.69, 9.17) is 20.3 Å². The Hall–Kier alpha value is -1.83. The molecule has 0 aromatic rings. The van der Waals surface area contributed by atoms with Crippen molar-refractivity contribution < 1.29 is 29.0 Å². The maximum Gasteiger partial charge on any atom is 0.404 e. The maximum atomic E-state index is 11.3. The molecule has 0 bridgehead atoms. The zero-order valence-electron chi connectivity index (χ0n) is 22.6. The van der Waals surface area contributed by atoms with Crippen LogP contribution in [0.2, 0.25) is 0 Å². The summed E-state index contributed by atoms with van der Waals surface area (Å²) in [6.45, 7) is 6.66. The van der Waals surface area contributed by atoms with Crippen molar-refractivity contribution in [3.63, 3.8) is 0 Å². The van der Waals surface area contributed by atoms with E-state index in [1.807, 2.05) is 0 Å². The van der Waals surface area contributed by atoms with Crippen molar-refractivity contribution in [3.05, 3.63) is 0 Å². The third-order valence-corrected chi connectivity index (χ3v) is 5.44. The molecule has 0 fully saturated rings. The van der Waals surface area contributed by atoms with Crippen molar-refractivity contribution in [2.24, 2.45) is 5.73 Å². The summed E-state index contributed by atoms with van der Waals surface area (Å²) >= 11 is 0. The van der Waals surface area contributed by atoms with Gasteiger partial charge in [-0.1, -0.05) is 78.1 Å². The second kappa shape index (κ2) is 30.2. The molecule has 35 heavy (non-hydrogen) atoms. The van der Waals surface area contributed by atoms with Crippen LogP contribution in [-0.4, -0.2) is 49.4 Å². The van der Waals surface area contributed by atoms with Gasteiger partial charge in [0.05, 0.1) is 13.2 Å². The number of esters is 2. The summed E-state index contributed by atoms with van der Waals surface area (Å²) in [6, 6.07) is 0. The third-order valence-electron chi connectivity index (χ3n) is 5.44. The zero-order valence-corrected chi connectivity index (χ0v) is 22.6. The summed E-state index contributed by atoms with van der Waals surface area (Å²) in [7, 11) is 0. The van der Waals surface area contributed by atoms with Crippen molar-refractivity contribution in [1.29, 1.82) is 0 Å². The van der Waals surface area contributed by atoms with Gasteiger partial charge in [0.15, 0.2) is 0 Å².